The molecular weight excluding hydrogens is 228 g/mol. The van der Waals surface area contributed by atoms with Crippen molar-refractivity contribution >= 4 is 0 Å². The van der Waals surface area contributed by atoms with Gasteiger partial charge in [0.05, 0.1) is 19.3 Å². The molecular formula is C14H20N2O2. The molecule has 2 aliphatic rings. The maximum absolute atomic E-state index is 5.80. The molecule has 2 fully saturated rings. The molecule has 1 saturated heterocycles. The summed E-state index contributed by atoms with van der Waals surface area (Å²) >= 11 is 0. The standard InChI is InChI=1S/C14H20N2O2/c1-3-15-4-2-11(1)9-17-10-12-7-13-14(8-12)18-6-5-16-13/h1-4,12-14,16H,5-10H2. The van der Waals surface area contributed by atoms with Crippen LogP contribution in [0.3, 0.4) is 0 Å². The molecule has 3 atom stereocenters. The topological polar surface area (TPSA) is 43.4 Å². The highest BCUT2D eigenvalue weighted by atomic mass is 16.5. The quantitative estimate of drug-likeness (QED) is 0.874. The summed E-state index contributed by atoms with van der Waals surface area (Å²) in [4.78, 5) is 4.00. The van der Waals surface area contributed by atoms with Crippen molar-refractivity contribution in [1.29, 1.82) is 0 Å². The number of nitrogens with one attached hydrogen (secondary N) is 1. The molecule has 18 heavy (non-hydrogen) atoms. The number of hydrogen-bond acceptors (Lipinski definition) is 4. The first-order valence-corrected chi connectivity index (χ1v) is 6.73. The molecule has 0 radical (unpaired) electrons. The average Bonchev–Trinajstić information content (AvgIpc) is 2.82. The van der Waals surface area contributed by atoms with Gasteiger partial charge in [-0.2, -0.15) is 0 Å². The summed E-state index contributed by atoms with van der Waals surface area (Å²) in [7, 11) is 0. The third kappa shape index (κ3) is 2.88. The second kappa shape index (κ2) is 5.78. The number of nitrogens with zero attached hydrogens (tertiary/aromatic N) is 1. The fraction of sp³-hybridized carbons (Fsp3) is 0.643. The van der Waals surface area contributed by atoms with E-state index in [1.165, 1.54) is 12.0 Å². The van der Waals surface area contributed by atoms with Crippen LogP contribution in [-0.4, -0.2) is 36.9 Å². The van der Waals surface area contributed by atoms with Gasteiger partial charge < -0.3 is 14.8 Å². The van der Waals surface area contributed by atoms with Gasteiger partial charge in [0, 0.05) is 31.6 Å². The minimum absolute atomic E-state index is 0.410. The number of ether oxygens (including phenoxy) is 2. The lowest BCUT2D eigenvalue weighted by molar-refractivity contribution is 0.00796. The molecule has 3 rings (SSSR count). The number of fused-ring (bicyclic) bond motifs is 1. The van der Waals surface area contributed by atoms with Gasteiger partial charge in [-0.05, 0) is 36.5 Å². The molecule has 1 aliphatic heterocycles. The van der Waals surface area contributed by atoms with Crippen LogP contribution in [-0.2, 0) is 16.1 Å². The molecule has 1 N–H and O–H groups in total. The van der Waals surface area contributed by atoms with Crippen molar-refractivity contribution in [2.75, 3.05) is 19.8 Å². The molecule has 4 heteroatoms. The lowest BCUT2D eigenvalue weighted by Gasteiger charge is -2.26. The first kappa shape index (κ1) is 12.1. The number of rotatable bonds is 4. The third-order valence-corrected chi connectivity index (χ3v) is 3.81. The smallest absolute Gasteiger partial charge is 0.0732 e. The predicted octanol–water partition coefficient (Wildman–Crippen LogP) is 1.37. The van der Waals surface area contributed by atoms with Crippen molar-refractivity contribution < 1.29 is 9.47 Å². The molecule has 4 nitrogen and oxygen atoms in total. The number of pyridine rings is 1. The van der Waals surface area contributed by atoms with E-state index in [9.17, 15) is 0 Å². The Hall–Kier alpha value is -0.970. The first-order chi connectivity index (χ1) is 8.92. The van der Waals surface area contributed by atoms with Crippen LogP contribution in [0.15, 0.2) is 24.5 Å². The first-order valence-electron chi connectivity index (χ1n) is 6.73. The van der Waals surface area contributed by atoms with Gasteiger partial charge >= 0.3 is 0 Å². The highest BCUT2D eigenvalue weighted by Gasteiger charge is 2.36. The Balaban J connectivity index is 1.42. The summed E-state index contributed by atoms with van der Waals surface area (Å²) in [5, 5.41) is 3.53. The van der Waals surface area contributed by atoms with E-state index in [2.05, 4.69) is 10.3 Å². The van der Waals surface area contributed by atoms with Crippen molar-refractivity contribution in [3.63, 3.8) is 0 Å². The van der Waals surface area contributed by atoms with Gasteiger partial charge in [-0.3, -0.25) is 4.98 Å². The van der Waals surface area contributed by atoms with Gasteiger partial charge in [0.25, 0.3) is 0 Å². The Bertz CT molecular complexity index is 357. The van der Waals surface area contributed by atoms with Gasteiger partial charge in [-0.15, -0.1) is 0 Å². The number of aromatic nitrogens is 1. The van der Waals surface area contributed by atoms with Crippen LogP contribution < -0.4 is 5.32 Å². The highest BCUT2D eigenvalue weighted by Crippen LogP contribution is 2.30. The molecule has 1 aliphatic carbocycles. The summed E-state index contributed by atoms with van der Waals surface area (Å²) in [5.74, 6) is 0.632. The van der Waals surface area contributed by atoms with Crippen LogP contribution in [0.1, 0.15) is 18.4 Å². The molecule has 1 saturated carbocycles. The van der Waals surface area contributed by atoms with Crippen LogP contribution in [0.2, 0.25) is 0 Å². The zero-order valence-electron chi connectivity index (χ0n) is 10.5. The van der Waals surface area contributed by atoms with Gasteiger partial charge in [-0.25, -0.2) is 0 Å². The van der Waals surface area contributed by atoms with E-state index in [0.717, 1.165) is 26.2 Å². The second-order valence-corrected chi connectivity index (χ2v) is 5.18. The zero-order valence-corrected chi connectivity index (χ0v) is 10.5. The maximum atomic E-state index is 5.80. The van der Waals surface area contributed by atoms with Crippen molar-refractivity contribution in [3.05, 3.63) is 30.1 Å². The van der Waals surface area contributed by atoms with E-state index in [1.807, 2.05) is 12.1 Å². The average molecular weight is 248 g/mol. The molecule has 1 aromatic rings. The van der Waals surface area contributed by atoms with Gasteiger partial charge in [0.2, 0.25) is 0 Å². The fourth-order valence-corrected chi connectivity index (χ4v) is 2.91. The maximum Gasteiger partial charge on any atom is 0.0732 e. The molecule has 98 valence electrons. The van der Waals surface area contributed by atoms with Crippen LogP contribution >= 0.6 is 0 Å². The number of morpholine rings is 1. The minimum atomic E-state index is 0.410. The van der Waals surface area contributed by atoms with E-state index in [-0.39, 0.29) is 0 Å². The van der Waals surface area contributed by atoms with E-state index >= 15 is 0 Å². The summed E-state index contributed by atoms with van der Waals surface area (Å²) in [6.07, 6.45) is 6.34. The summed E-state index contributed by atoms with van der Waals surface area (Å²) in [5.41, 5.74) is 1.19. The van der Waals surface area contributed by atoms with Crippen LogP contribution in [0, 0.1) is 5.92 Å². The Kier molecular flexibility index (Phi) is 3.88. The molecule has 0 spiro atoms. The van der Waals surface area contributed by atoms with Gasteiger partial charge in [0.1, 0.15) is 0 Å². The minimum Gasteiger partial charge on any atom is -0.376 e. The molecule has 0 aromatic carbocycles. The molecule has 2 heterocycles. The second-order valence-electron chi connectivity index (χ2n) is 5.18. The van der Waals surface area contributed by atoms with E-state index in [0.29, 0.717) is 24.7 Å². The van der Waals surface area contributed by atoms with Crippen molar-refractivity contribution in [3.8, 4) is 0 Å². The summed E-state index contributed by atoms with van der Waals surface area (Å²) in [6, 6.07) is 4.55. The molecule has 1 aromatic heterocycles. The molecule has 0 amide bonds. The molecule has 3 unspecified atom stereocenters. The van der Waals surface area contributed by atoms with Crippen molar-refractivity contribution in [2.45, 2.75) is 31.6 Å². The predicted molar refractivity (Wildman–Crippen MR) is 68.1 cm³/mol. The third-order valence-electron chi connectivity index (χ3n) is 3.81. The van der Waals surface area contributed by atoms with Crippen LogP contribution in [0.5, 0.6) is 0 Å². The van der Waals surface area contributed by atoms with Gasteiger partial charge in [0.15, 0.2) is 0 Å². The zero-order chi connectivity index (χ0) is 12.2. The molecule has 0 bridgehead atoms. The van der Waals surface area contributed by atoms with Crippen LogP contribution in [0.4, 0.5) is 0 Å². The lowest BCUT2D eigenvalue weighted by Crippen LogP contribution is -2.44. The van der Waals surface area contributed by atoms with E-state index in [4.69, 9.17) is 9.47 Å². The summed E-state index contributed by atoms with van der Waals surface area (Å²) < 4.78 is 11.6. The van der Waals surface area contributed by atoms with E-state index < -0.39 is 0 Å². The lowest BCUT2D eigenvalue weighted by atomic mass is 10.1. The monoisotopic (exact) mass is 248 g/mol. The van der Waals surface area contributed by atoms with Crippen molar-refractivity contribution in [2.24, 2.45) is 5.92 Å². The fourth-order valence-electron chi connectivity index (χ4n) is 2.91. The normalized spacial score (nSPS) is 31.2. The SMILES string of the molecule is c1cc(COCC2CC3NCCOC3C2)ccn1. The Morgan fingerprint density at radius 3 is 3.06 bits per heavy atom. The summed E-state index contributed by atoms with van der Waals surface area (Å²) in [6.45, 7) is 3.36. The van der Waals surface area contributed by atoms with E-state index in [1.54, 1.807) is 12.4 Å². The van der Waals surface area contributed by atoms with Gasteiger partial charge in [-0.1, -0.05) is 0 Å². The number of hydrogen-bond donors (Lipinski definition) is 1. The largest absolute Gasteiger partial charge is 0.376 e. The van der Waals surface area contributed by atoms with Crippen LogP contribution in [0.25, 0.3) is 0 Å². The Morgan fingerprint density at radius 1 is 1.33 bits per heavy atom. The Morgan fingerprint density at radius 2 is 2.22 bits per heavy atom. The van der Waals surface area contributed by atoms with Crippen molar-refractivity contribution in [1.82, 2.24) is 10.3 Å². The Labute approximate surface area is 108 Å². The highest BCUT2D eigenvalue weighted by molar-refractivity contribution is 5.07.